The zero-order valence-corrected chi connectivity index (χ0v) is 14.3. The predicted molar refractivity (Wildman–Crippen MR) is 94.8 cm³/mol. The lowest BCUT2D eigenvalue weighted by molar-refractivity contribution is 0.306. The molecule has 0 saturated heterocycles. The number of aliphatic imine (C=N–C) groups is 1. The maximum Gasteiger partial charge on any atom is 0.191 e. The highest BCUT2D eigenvalue weighted by Gasteiger charge is 2.22. The molecular weight excluding hydrogens is 302 g/mol. The Morgan fingerprint density at radius 2 is 1.88 bits per heavy atom. The first-order valence-electron chi connectivity index (χ1n) is 8.91. The third-order valence-electron chi connectivity index (χ3n) is 4.65. The molecule has 0 aromatic carbocycles. The largest absolute Gasteiger partial charge is 0.469 e. The van der Waals surface area contributed by atoms with Crippen molar-refractivity contribution < 1.29 is 8.83 Å². The van der Waals surface area contributed by atoms with E-state index in [1.165, 1.54) is 25.7 Å². The number of rotatable bonds is 6. The Morgan fingerprint density at radius 3 is 2.58 bits per heavy atom. The average molecular weight is 329 g/mol. The van der Waals surface area contributed by atoms with Crippen LogP contribution in [0, 0.1) is 5.92 Å². The molecule has 2 aromatic heterocycles. The van der Waals surface area contributed by atoms with Gasteiger partial charge in [-0.3, -0.25) is 0 Å². The van der Waals surface area contributed by atoms with Gasteiger partial charge in [-0.05, 0) is 43.0 Å². The number of furan rings is 2. The van der Waals surface area contributed by atoms with Crippen LogP contribution in [0.3, 0.4) is 0 Å². The van der Waals surface area contributed by atoms with Crippen molar-refractivity contribution in [2.45, 2.75) is 51.6 Å². The first-order chi connectivity index (χ1) is 11.8. The zero-order chi connectivity index (χ0) is 16.6. The summed E-state index contributed by atoms with van der Waals surface area (Å²) in [6.07, 6.45) is 9.36. The van der Waals surface area contributed by atoms with E-state index in [0.717, 1.165) is 30.4 Å². The summed E-state index contributed by atoms with van der Waals surface area (Å²) < 4.78 is 10.8. The summed E-state index contributed by atoms with van der Waals surface area (Å²) in [5.41, 5.74) is 0. The fraction of sp³-hybridized carbons (Fsp3) is 0.526. The highest BCUT2D eigenvalue weighted by atomic mass is 16.3. The van der Waals surface area contributed by atoms with Crippen LogP contribution in [0.5, 0.6) is 0 Å². The number of nitrogens with zero attached hydrogens (tertiary/aromatic N) is 1. The van der Waals surface area contributed by atoms with Crippen molar-refractivity contribution >= 4 is 5.96 Å². The number of hydrogen-bond acceptors (Lipinski definition) is 3. The SMILES string of the molecule is CC1CCCCC1NC(=NCc1ccco1)NCCc1ccco1. The lowest BCUT2D eigenvalue weighted by Gasteiger charge is -2.31. The molecule has 2 heterocycles. The molecule has 1 aliphatic rings. The molecule has 130 valence electrons. The van der Waals surface area contributed by atoms with Gasteiger partial charge in [0.1, 0.15) is 18.1 Å². The summed E-state index contributed by atoms with van der Waals surface area (Å²) in [7, 11) is 0. The van der Waals surface area contributed by atoms with Gasteiger partial charge in [0.2, 0.25) is 0 Å². The molecular formula is C19H27N3O2. The van der Waals surface area contributed by atoms with Crippen LogP contribution in [0.2, 0.25) is 0 Å². The molecule has 24 heavy (non-hydrogen) atoms. The number of hydrogen-bond donors (Lipinski definition) is 2. The van der Waals surface area contributed by atoms with Crippen molar-refractivity contribution in [2.75, 3.05) is 6.54 Å². The van der Waals surface area contributed by atoms with Gasteiger partial charge in [0.05, 0.1) is 12.5 Å². The Labute approximate surface area is 143 Å². The zero-order valence-electron chi connectivity index (χ0n) is 14.3. The summed E-state index contributed by atoms with van der Waals surface area (Å²) in [6.45, 7) is 3.66. The third kappa shape index (κ3) is 4.91. The van der Waals surface area contributed by atoms with Crippen LogP contribution in [-0.2, 0) is 13.0 Å². The van der Waals surface area contributed by atoms with E-state index in [9.17, 15) is 0 Å². The fourth-order valence-corrected chi connectivity index (χ4v) is 3.18. The Kier molecular flexibility index (Phi) is 5.99. The summed E-state index contributed by atoms with van der Waals surface area (Å²) in [4.78, 5) is 4.68. The third-order valence-corrected chi connectivity index (χ3v) is 4.65. The second-order valence-corrected chi connectivity index (χ2v) is 6.51. The van der Waals surface area contributed by atoms with E-state index in [2.05, 4.69) is 22.5 Å². The van der Waals surface area contributed by atoms with E-state index >= 15 is 0 Å². The Morgan fingerprint density at radius 1 is 1.12 bits per heavy atom. The monoisotopic (exact) mass is 329 g/mol. The van der Waals surface area contributed by atoms with Gasteiger partial charge < -0.3 is 19.5 Å². The van der Waals surface area contributed by atoms with Crippen LogP contribution in [0.25, 0.3) is 0 Å². The normalized spacial score (nSPS) is 21.6. The van der Waals surface area contributed by atoms with Crippen LogP contribution in [0.1, 0.15) is 44.1 Å². The van der Waals surface area contributed by atoms with Gasteiger partial charge >= 0.3 is 0 Å². The molecule has 2 aromatic rings. The topological polar surface area (TPSA) is 62.7 Å². The molecule has 2 unspecified atom stereocenters. The lowest BCUT2D eigenvalue weighted by Crippen LogP contribution is -2.47. The van der Waals surface area contributed by atoms with E-state index in [1.54, 1.807) is 12.5 Å². The Hall–Kier alpha value is -2.17. The highest BCUT2D eigenvalue weighted by Crippen LogP contribution is 2.23. The average Bonchev–Trinajstić information content (AvgIpc) is 3.28. The van der Waals surface area contributed by atoms with Gasteiger partial charge in [-0.15, -0.1) is 0 Å². The van der Waals surface area contributed by atoms with Crippen molar-refractivity contribution in [1.29, 1.82) is 0 Å². The van der Waals surface area contributed by atoms with Crippen LogP contribution < -0.4 is 10.6 Å². The maximum absolute atomic E-state index is 5.39. The molecule has 2 atom stereocenters. The van der Waals surface area contributed by atoms with E-state index in [1.807, 2.05) is 24.3 Å². The van der Waals surface area contributed by atoms with Gasteiger partial charge in [-0.2, -0.15) is 0 Å². The molecule has 0 aliphatic heterocycles. The fourth-order valence-electron chi connectivity index (χ4n) is 3.18. The molecule has 5 heteroatoms. The molecule has 0 amide bonds. The minimum atomic E-state index is 0.491. The van der Waals surface area contributed by atoms with Gasteiger partial charge in [-0.25, -0.2) is 4.99 Å². The molecule has 2 N–H and O–H groups in total. The first-order valence-corrected chi connectivity index (χ1v) is 8.91. The summed E-state index contributed by atoms with van der Waals surface area (Å²) in [5, 5.41) is 7.04. The molecule has 5 nitrogen and oxygen atoms in total. The summed E-state index contributed by atoms with van der Waals surface area (Å²) in [5.74, 6) is 3.40. The maximum atomic E-state index is 5.39. The molecule has 1 aliphatic carbocycles. The van der Waals surface area contributed by atoms with Crippen molar-refractivity contribution in [1.82, 2.24) is 10.6 Å². The molecule has 0 bridgehead atoms. The van der Waals surface area contributed by atoms with E-state index in [-0.39, 0.29) is 0 Å². The van der Waals surface area contributed by atoms with Crippen LogP contribution in [-0.4, -0.2) is 18.5 Å². The summed E-state index contributed by atoms with van der Waals surface area (Å²) in [6, 6.07) is 8.25. The molecule has 3 rings (SSSR count). The van der Waals surface area contributed by atoms with Crippen LogP contribution >= 0.6 is 0 Å². The Balaban J connectivity index is 1.57. The minimum Gasteiger partial charge on any atom is -0.469 e. The number of nitrogens with one attached hydrogen (secondary N) is 2. The second kappa shape index (κ2) is 8.62. The van der Waals surface area contributed by atoms with E-state index in [0.29, 0.717) is 18.5 Å². The Bertz CT molecular complexity index is 605. The van der Waals surface area contributed by atoms with E-state index in [4.69, 9.17) is 8.83 Å². The number of guanidine groups is 1. The molecule has 1 saturated carbocycles. The van der Waals surface area contributed by atoms with Gasteiger partial charge in [-0.1, -0.05) is 19.8 Å². The first kappa shape index (κ1) is 16.7. The van der Waals surface area contributed by atoms with Crippen molar-refractivity contribution in [3.8, 4) is 0 Å². The predicted octanol–water partition coefficient (Wildman–Crippen LogP) is 3.73. The lowest BCUT2D eigenvalue weighted by atomic mass is 9.86. The molecule has 0 spiro atoms. The smallest absolute Gasteiger partial charge is 0.191 e. The molecule has 1 fully saturated rings. The standard InChI is InChI=1S/C19H27N3O2/c1-15-6-2-3-9-18(15)22-19(21-14-17-8-5-13-24-17)20-11-10-16-7-4-12-23-16/h4-5,7-8,12-13,15,18H,2-3,6,9-11,14H2,1H3,(H2,20,21,22). The van der Waals surface area contributed by atoms with Gasteiger partial charge in [0, 0.05) is 19.0 Å². The highest BCUT2D eigenvalue weighted by molar-refractivity contribution is 5.80. The van der Waals surface area contributed by atoms with E-state index < -0.39 is 0 Å². The summed E-state index contributed by atoms with van der Waals surface area (Å²) >= 11 is 0. The van der Waals surface area contributed by atoms with Crippen molar-refractivity contribution in [3.05, 3.63) is 48.3 Å². The van der Waals surface area contributed by atoms with Crippen molar-refractivity contribution in [3.63, 3.8) is 0 Å². The minimum absolute atomic E-state index is 0.491. The van der Waals surface area contributed by atoms with Gasteiger partial charge in [0.25, 0.3) is 0 Å². The quantitative estimate of drug-likeness (QED) is 0.626. The van der Waals surface area contributed by atoms with Crippen LogP contribution in [0.4, 0.5) is 0 Å². The van der Waals surface area contributed by atoms with Gasteiger partial charge in [0.15, 0.2) is 5.96 Å². The molecule has 0 radical (unpaired) electrons. The van der Waals surface area contributed by atoms with Crippen LogP contribution in [0.15, 0.2) is 50.6 Å². The van der Waals surface area contributed by atoms with Crippen molar-refractivity contribution in [2.24, 2.45) is 10.9 Å². The second-order valence-electron chi connectivity index (χ2n) is 6.51.